The average Bonchev–Trinajstić information content (AvgIpc) is 2.33. The lowest BCUT2D eigenvalue weighted by atomic mass is 9.70. The van der Waals surface area contributed by atoms with Crippen molar-refractivity contribution < 1.29 is 9.90 Å². The summed E-state index contributed by atoms with van der Waals surface area (Å²) >= 11 is 0. The van der Waals surface area contributed by atoms with Crippen molar-refractivity contribution in [2.45, 2.75) is 72.8 Å². The van der Waals surface area contributed by atoms with Crippen LogP contribution in [0.25, 0.3) is 0 Å². The molecule has 118 valence electrons. The number of carboxylic acids is 1. The molecule has 0 atom stereocenters. The van der Waals surface area contributed by atoms with Crippen LogP contribution in [-0.2, 0) is 4.79 Å². The highest BCUT2D eigenvalue weighted by Gasteiger charge is 2.30. The quantitative estimate of drug-likeness (QED) is 0.800. The van der Waals surface area contributed by atoms with Gasteiger partial charge in [0.1, 0.15) is 0 Å². The van der Waals surface area contributed by atoms with Crippen LogP contribution < -0.4 is 0 Å². The minimum absolute atomic E-state index is 0.259. The second-order valence-electron chi connectivity index (χ2n) is 7.82. The van der Waals surface area contributed by atoms with E-state index < -0.39 is 5.97 Å². The second kappa shape index (κ2) is 7.44. The van der Waals surface area contributed by atoms with Gasteiger partial charge in [0.05, 0.1) is 6.42 Å². The molecule has 0 aromatic heterocycles. The van der Waals surface area contributed by atoms with Crippen molar-refractivity contribution in [3.05, 3.63) is 0 Å². The van der Waals surface area contributed by atoms with Crippen LogP contribution in [0.15, 0.2) is 0 Å². The fourth-order valence-corrected chi connectivity index (χ4v) is 3.34. The zero-order valence-corrected chi connectivity index (χ0v) is 14.0. The third-order valence-electron chi connectivity index (χ3n) is 4.91. The van der Waals surface area contributed by atoms with Crippen LogP contribution in [0.5, 0.6) is 0 Å². The third kappa shape index (κ3) is 5.82. The van der Waals surface area contributed by atoms with Gasteiger partial charge < -0.3 is 10.0 Å². The molecular formula is C17H33NO2. The van der Waals surface area contributed by atoms with Gasteiger partial charge >= 0.3 is 5.97 Å². The first-order valence-electron chi connectivity index (χ1n) is 8.16. The highest BCUT2D eigenvalue weighted by Crippen LogP contribution is 2.40. The number of hydrogen-bond acceptors (Lipinski definition) is 2. The van der Waals surface area contributed by atoms with Crippen molar-refractivity contribution in [2.75, 3.05) is 13.1 Å². The van der Waals surface area contributed by atoms with E-state index in [4.69, 9.17) is 5.11 Å². The molecule has 0 radical (unpaired) electrons. The molecule has 0 aromatic carbocycles. The maximum absolute atomic E-state index is 10.7. The van der Waals surface area contributed by atoms with Crippen LogP contribution in [-0.4, -0.2) is 35.1 Å². The van der Waals surface area contributed by atoms with E-state index in [0.717, 1.165) is 18.4 Å². The molecule has 0 aliphatic heterocycles. The molecule has 1 aliphatic rings. The maximum Gasteiger partial charge on any atom is 0.304 e. The Bertz CT molecular complexity index is 299. The van der Waals surface area contributed by atoms with E-state index in [1.54, 1.807) is 0 Å². The van der Waals surface area contributed by atoms with Gasteiger partial charge in [-0.05, 0) is 56.8 Å². The molecule has 1 aliphatic carbocycles. The molecule has 0 amide bonds. The van der Waals surface area contributed by atoms with Crippen molar-refractivity contribution >= 4 is 5.97 Å². The predicted molar refractivity (Wildman–Crippen MR) is 83.9 cm³/mol. The molecule has 3 heteroatoms. The van der Waals surface area contributed by atoms with E-state index in [1.165, 1.54) is 25.7 Å². The van der Waals surface area contributed by atoms with E-state index >= 15 is 0 Å². The summed E-state index contributed by atoms with van der Waals surface area (Å²) in [5.41, 5.74) is 0.437. The Hall–Kier alpha value is -0.570. The highest BCUT2D eigenvalue weighted by molar-refractivity contribution is 5.66. The van der Waals surface area contributed by atoms with Crippen molar-refractivity contribution in [1.29, 1.82) is 0 Å². The Morgan fingerprint density at radius 1 is 1.20 bits per heavy atom. The molecule has 1 rings (SSSR count). The summed E-state index contributed by atoms with van der Waals surface area (Å²) < 4.78 is 0. The number of carboxylic acid groups (broad SMARTS) is 1. The zero-order valence-electron chi connectivity index (χ0n) is 14.0. The molecule has 0 bridgehead atoms. The first kappa shape index (κ1) is 17.5. The number of rotatable bonds is 6. The monoisotopic (exact) mass is 283 g/mol. The van der Waals surface area contributed by atoms with E-state index in [-0.39, 0.29) is 6.42 Å². The van der Waals surface area contributed by atoms with Gasteiger partial charge in [0.25, 0.3) is 0 Å². The van der Waals surface area contributed by atoms with Crippen LogP contribution in [0, 0.1) is 17.3 Å². The lowest BCUT2D eigenvalue weighted by molar-refractivity contribution is -0.137. The maximum atomic E-state index is 10.7. The fourth-order valence-electron chi connectivity index (χ4n) is 3.34. The summed E-state index contributed by atoms with van der Waals surface area (Å²) in [7, 11) is 0. The van der Waals surface area contributed by atoms with E-state index in [9.17, 15) is 4.79 Å². The first-order valence-corrected chi connectivity index (χ1v) is 8.16. The molecule has 1 N–H and O–H groups in total. The van der Waals surface area contributed by atoms with Crippen molar-refractivity contribution in [3.8, 4) is 0 Å². The Labute approximate surface area is 124 Å². The topological polar surface area (TPSA) is 40.5 Å². The summed E-state index contributed by atoms with van der Waals surface area (Å²) in [6.07, 6.45) is 5.53. The van der Waals surface area contributed by atoms with Gasteiger partial charge in [0.2, 0.25) is 0 Å². The Morgan fingerprint density at radius 2 is 1.75 bits per heavy atom. The summed E-state index contributed by atoms with van der Waals surface area (Å²) in [6, 6.07) is 0.440. The normalized spacial score (nSPS) is 24.4. The van der Waals surface area contributed by atoms with Gasteiger partial charge in [-0.25, -0.2) is 0 Å². The van der Waals surface area contributed by atoms with E-state index in [0.29, 0.717) is 18.0 Å². The Morgan fingerprint density at radius 3 is 2.15 bits per heavy atom. The lowest BCUT2D eigenvalue weighted by Gasteiger charge is -2.39. The summed E-state index contributed by atoms with van der Waals surface area (Å²) in [4.78, 5) is 13.1. The largest absolute Gasteiger partial charge is 0.481 e. The standard InChI is InChI=1S/C17H33NO2/c1-13(2)18(11-10-16(19)20)12-14-6-8-15(9-7-14)17(3,4)5/h13-15H,6-12H2,1-5H3,(H,19,20). The molecule has 0 spiro atoms. The van der Waals surface area contributed by atoms with Crippen LogP contribution in [0.2, 0.25) is 0 Å². The van der Waals surface area contributed by atoms with Crippen molar-refractivity contribution in [3.63, 3.8) is 0 Å². The van der Waals surface area contributed by atoms with Crippen LogP contribution in [0.3, 0.4) is 0 Å². The number of aliphatic carboxylic acids is 1. The number of hydrogen-bond donors (Lipinski definition) is 1. The van der Waals surface area contributed by atoms with Gasteiger partial charge in [-0.15, -0.1) is 0 Å². The molecule has 0 aromatic rings. The summed E-state index contributed by atoms with van der Waals surface area (Å²) in [6.45, 7) is 13.2. The fraction of sp³-hybridized carbons (Fsp3) is 0.941. The van der Waals surface area contributed by atoms with Crippen molar-refractivity contribution in [2.24, 2.45) is 17.3 Å². The lowest BCUT2D eigenvalue weighted by Crippen LogP contribution is -2.38. The van der Waals surface area contributed by atoms with E-state index in [1.807, 2.05) is 0 Å². The third-order valence-corrected chi connectivity index (χ3v) is 4.91. The predicted octanol–water partition coefficient (Wildman–Crippen LogP) is 4.02. The number of carbonyl (C=O) groups is 1. The van der Waals surface area contributed by atoms with Crippen LogP contribution >= 0.6 is 0 Å². The van der Waals surface area contributed by atoms with E-state index in [2.05, 4.69) is 39.5 Å². The molecule has 0 heterocycles. The van der Waals surface area contributed by atoms with Crippen LogP contribution in [0.4, 0.5) is 0 Å². The Balaban J connectivity index is 2.41. The van der Waals surface area contributed by atoms with Gasteiger partial charge in [-0.1, -0.05) is 20.8 Å². The average molecular weight is 283 g/mol. The first-order chi connectivity index (χ1) is 9.20. The number of nitrogens with zero attached hydrogens (tertiary/aromatic N) is 1. The molecular weight excluding hydrogens is 250 g/mol. The molecule has 1 fully saturated rings. The second-order valence-corrected chi connectivity index (χ2v) is 7.82. The smallest absolute Gasteiger partial charge is 0.304 e. The van der Waals surface area contributed by atoms with Gasteiger partial charge in [-0.2, -0.15) is 0 Å². The minimum atomic E-state index is -0.688. The summed E-state index contributed by atoms with van der Waals surface area (Å²) in [5.74, 6) is 0.919. The zero-order chi connectivity index (χ0) is 15.3. The molecule has 0 unspecified atom stereocenters. The Kier molecular flexibility index (Phi) is 6.50. The van der Waals surface area contributed by atoms with Gasteiger partial charge in [0, 0.05) is 19.1 Å². The summed E-state index contributed by atoms with van der Waals surface area (Å²) in [5, 5.41) is 8.85. The van der Waals surface area contributed by atoms with Gasteiger partial charge in [0.15, 0.2) is 0 Å². The minimum Gasteiger partial charge on any atom is -0.481 e. The SMILES string of the molecule is CC(C)N(CCC(=O)O)CC1CCC(C(C)(C)C)CC1. The van der Waals surface area contributed by atoms with Crippen LogP contribution in [0.1, 0.15) is 66.7 Å². The molecule has 1 saturated carbocycles. The van der Waals surface area contributed by atoms with Crippen molar-refractivity contribution in [1.82, 2.24) is 4.90 Å². The molecule has 0 saturated heterocycles. The molecule has 3 nitrogen and oxygen atoms in total. The highest BCUT2D eigenvalue weighted by atomic mass is 16.4. The molecule has 20 heavy (non-hydrogen) atoms. The van der Waals surface area contributed by atoms with Gasteiger partial charge in [-0.3, -0.25) is 4.79 Å².